The molecule has 48 valence electrons. The zero-order chi connectivity index (χ0) is 5.82. The van der Waals surface area contributed by atoms with Crippen molar-refractivity contribution in [3.05, 3.63) is 0 Å². The first-order valence-corrected chi connectivity index (χ1v) is 3.22. The Morgan fingerprint density at radius 2 is 2.38 bits per heavy atom. The molecule has 0 radical (unpaired) electrons. The molecule has 1 aliphatic rings. The molecule has 0 bridgehead atoms. The normalized spacial score (nSPS) is 31.9. The quantitative estimate of drug-likeness (QED) is 0.493. The summed E-state index contributed by atoms with van der Waals surface area (Å²) in [6.07, 6.45) is 1.62. The average molecular weight is 115 g/mol. The van der Waals surface area contributed by atoms with Gasteiger partial charge in [-0.1, -0.05) is 0 Å². The Morgan fingerprint density at radius 3 is 3.25 bits per heavy atom. The molecule has 1 aliphatic heterocycles. The van der Waals surface area contributed by atoms with Crippen LogP contribution in [0.4, 0.5) is 0 Å². The second-order valence-corrected chi connectivity index (χ2v) is 2.22. The number of hydrogen-bond acceptors (Lipinski definition) is 2. The third-order valence-electron chi connectivity index (χ3n) is 1.41. The first-order chi connectivity index (χ1) is 3.89. The molecule has 0 aromatic rings. The average Bonchev–Trinajstić information content (AvgIpc) is 1.94. The van der Waals surface area contributed by atoms with Gasteiger partial charge in [-0.25, -0.2) is 0 Å². The Bertz CT molecular complexity index is 57.5. The lowest BCUT2D eigenvalue weighted by molar-refractivity contribution is 0.0783. The first-order valence-electron chi connectivity index (χ1n) is 3.22. The van der Waals surface area contributed by atoms with Gasteiger partial charge in [-0.3, -0.25) is 0 Å². The highest BCUT2D eigenvalue weighted by Gasteiger charge is 2.04. The van der Waals surface area contributed by atoms with E-state index >= 15 is 0 Å². The van der Waals surface area contributed by atoms with E-state index in [0.717, 1.165) is 26.1 Å². The van der Waals surface area contributed by atoms with Crippen LogP contribution in [0.15, 0.2) is 0 Å². The molecule has 0 spiro atoms. The van der Waals surface area contributed by atoms with Gasteiger partial charge in [0.15, 0.2) is 0 Å². The van der Waals surface area contributed by atoms with Crippen LogP contribution in [0.5, 0.6) is 0 Å². The fourth-order valence-electron chi connectivity index (χ4n) is 0.846. The highest BCUT2D eigenvalue weighted by Crippen LogP contribution is 1.97. The van der Waals surface area contributed by atoms with Gasteiger partial charge in [0.25, 0.3) is 0 Å². The van der Waals surface area contributed by atoms with E-state index in [-0.39, 0.29) is 0 Å². The maximum absolute atomic E-state index is 5.34. The molecule has 1 N–H and O–H groups in total. The molecule has 1 fully saturated rings. The molecule has 0 amide bonds. The van der Waals surface area contributed by atoms with E-state index in [1.807, 2.05) is 0 Å². The van der Waals surface area contributed by atoms with Gasteiger partial charge in [0.1, 0.15) is 0 Å². The van der Waals surface area contributed by atoms with Crippen LogP contribution in [0.1, 0.15) is 13.3 Å². The SMILES string of the molecule is CC1CCNCCO1. The zero-order valence-electron chi connectivity index (χ0n) is 5.31. The largest absolute Gasteiger partial charge is 0.377 e. The zero-order valence-corrected chi connectivity index (χ0v) is 5.31. The van der Waals surface area contributed by atoms with Crippen molar-refractivity contribution in [1.82, 2.24) is 5.32 Å². The van der Waals surface area contributed by atoms with Gasteiger partial charge in [0, 0.05) is 6.54 Å². The third kappa shape index (κ3) is 1.80. The summed E-state index contributed by atoms with van der Waals surface area (Å²) in [5.74, 6) is 0. The molecule has 1 saturated heterocycles. The van der Waals surface area contributed by atoms with Crippen LogP contribution < -0.4 is 5.32 Å². The van der Waals surface area contributed by atoms with Crippen molar-refractivity contribution in [3.63, 3.8) is 0 Å². The second-order valence-electron chi connectivity index (χ2n) is 2.22. The minimum absolute atomic E-state index is 0.463. The topological polar surface area (TPSA) is 21.3 Å². The van der Waals surface area contributed by atoms with Gasteiger partial charge in [-0.15, -0.1) is 0 Å². The lowest BCUT2D eigenvalue weighted by Gasteiger charge is -2.04. The minimum atomic E-state index is 0.463. The van der Waals surface area contributed by atoms with Crippen LogP contribution in [0.3, 0.4) is 0 Å². The molecule has 1 atom stereocenters. The van der Waals surface area contributed by atoms with Crippen LogP contribution in [-0.2, 0) is 4.74 Å². The molecular formula is C6H13NO. The molecule has 2 heteroatoms. The molecule has 8 heavy (non-hydrogen) atoms. The van der Waals surface area contributed by atoms with E-state index in [1.54, 1.807) is 0 Å². The van der Waals surface area contributed by atoms with E-state index in [9.17, 15) is 0 Å². The van der Waals surface area contributed by atoms with Crippen LogP contribution in [-0.4, -0.2) is 25.8 Å². The number of ether oxygens (including phenoxy) is 1. The lowest BCUT2D eigenvalue weighted by atomic mass is 10.3. The fourth-order valence-corrected chi connectivity index (χ4v) is 0.846. The smallest absolute Gasteiger partial charge is 0.0594 e. The second kappa shape index (κ2) is 3.05. The monoisotopic (exact) mass is 115 g/mol. The van der Waals surface area contributed by atoms with Gasteiger partial charge in [0.05, 0.1) is 12.7 Å². The minimum Gasteiger partial charge on any atom is -0.377 e. The van der Waals surface area contributed by atoms with Crippen molar-refractivity contribution in [2.24, 2.45) is 0 Å². The molecular weight excluding hydrogens is 102 g/mol. The molecule has 0 aliphatic carbocycles. The summed E-state index contributed by atoms with van der Waals surface area (Å²) in [6, 6.07) is 0. The Hall–Kier alpha value is -0.0800. The maximum Gasteiger partial charge on any atom is 0.0594 e. The maximum atomic E-state index is 5.34. The summed E-state index contributed by atoms with van der Waals surface area (Å²) >= 11 is 0. The van der Waals surface area contributed by atoms with Crippen LogP contribution in [0, 0.1) is 0 Å². The highest BCUT2D eigenvalue weighted by atomic mass is 16.5. The Labute approximate surface area is 50.2 Å². The predicted molar refractivity (Wildman–Crippen MR) is 32.9 cm³/mol. The van der Waals surface area contributed by atoms with E-state index < -0.39 is 0 Å². The summed E-state index contributed by atoms with van der Waals surface area (Å²) < 4.78 is 5.34. The summed E-state index contributed by atoms with van der Waals surface area (Å²) in [4.78, 5) is 0. The first kappa shape index (κ1) is 6.05. The fraction of sp³-hybridized carbons (Fsp3) is 1.00. The lowest BCUT2D eigenvalue weighted by Crippen LogP contribution is -2.16. The Morgan fingerprint density at radius 1 is 1.50 bits per heavy atom. The summed E-state index contributed by atoms with van der Waals surface area (Å²) in [7, 11) is 0. The van der Waals surface area contributed by atoms with E-state index in [1.165, 1.54) is 0 Å². The van der Waals surface area contributed by atoms with Crippen molar-refractivity contribution in [3.8, 4) is 0 Å². The molecule has 0 saturated carbocycles. The van der Waals surface area contributed by atoms with Crippen LogP contribution in [0.25, 0.3) is 0 Å². The number of rotatable bonds is 0. The van der Waals surface area contributed by atoms with Crippen molar-refractivity contribution < 1.29 is 4.74 Å². The van der Waals surface area contributed by atoms with Crippen molar-refractivity contribution in [2.45, 2.75) is 19.4 Å². The van der Waals surface area contributed by atoms with E-state index in [0.29, 0.717) is 6.10 Å². The molecule has 1 unspecified atom stereocenters. The van der Waals surface area contributed by atoms with Gasteiger partial charge < -0.3 is 10.1 Å². The Kier molecular flexibility index (Phi) is 2.30. The molecule has 1 rings (SSSR count). The standard InChI is InChI=1S/C6H13NO/c1-6-2-3-7-4-5-8-6/h6-7H,2-5H2,1H3. The third-order valence-corrected chi connectivity index (χ3v) is 1.41. The van der Waals surface area contributed by atoms with Gasteiger partial charge in [-0.05, 0) is 19.9 Å². The van der Waals surface area contributed by atoms with E-state index in [4.69, 9.17) is 4.74 Å². The van der Waals surface area contributed by atoms with Gasteiger partial charge in [-0.2, -0.15) is 0 Å². The predicted octanol–water partition coefficient (Wildman–Crippen LogP) is 0.385. The molecule has 0 aromatic carbocycles. The molecule has 2 nitrogen and oxygen atoms in total. The van der Waals surface area contributed by atoms with E-state index in [2.05, 4.69) is 12.2 Å². The van der Waals surface area contributed by atoms with Crippen LogP contribution >= 0.6 is 0 Å². The van der Waals surface area contributed by atoms with Crippen molar-refractivity contribution in [2.75, 3.05) is 19.7 Å². The van der Waals surface area contributed by atoms with Crippen molar-refractivity contribution in [1.29, 1.82) is 0 Å². The highest BCUT2D eigenvalue weighted by molar-refractivity contribution is 4.58. The van der Waals surface area contributed by atoms with Gasteiger partial charge >= 0.3 is 0 Å². The molecule has 0 aromatic heterocycles. The Balaban J connectivity index is 2.17. The number of nitrogens with one attached hydrogen (secondary N) is 1. The van der Waals surface area contributed by atoms with Crippen molar-refractivity contribution >= 4 is 0 Å². The van der Waals surface area contributed by atoms with Gasteiger partial charge in [0.2, 0.25) is 0 Å². The number of hydrogen-bond donors (Lipinski definition) is 1. The molecule has 1 heterocycles. The summed E-state index contributed by atoms with van der Waals surface area (Å²) in [6.45, 7) is 5.12. The van der Waals surface area contributed by atoms with Crippen LogP contribution in [0.2, 0.25) is 0 Å². The summed E-state index contributed by atoms with van der Waals surface area (Å²) in [5, 5.41) is 3.25. The summed E-state index contributed by atoms with van der Waals surface area (Å²) in [5.41, 5.74) is 0.